The number of hydrogen-bond acceptors (Lipinski definition) is 2. The molecule has 68 valence electrons. The summed E-state index contributed by atoms with van der Waals surface area (Å²) in [6.07, 6.45) is 3.68. The predicted molar refractivity (Wildman–Crippen MR) is 52.5 cm³/mol. The third kappa shape index (κ3) is 2.70. The molecule has 0 radical (unpaired) electrons. The largest absolute Gasteiger partial charge is 0.313 e. The van der Waals surface area contributed by atoms with Crippen LogP contribution in [0.5, 0.6) is 0 Å². The Morgan fingerprint density at radius 2 is 2.33 bits per heavy atom. The van der Waals surface area contributed by atoms with Crippen LogP contribution >= 0.6 is 0 Å². The molecule has 12 heavy (non-hydrogen) atoms. The van der Waals surface area contributed by atoms with E-state index in [1.54, 1.807) is 0 Å². The van der Waals surface area contributed by atoms with Crippen molar-refractivity contribution in [1.82, 2.24) is 10.4 Å². The Bertz CT molecular complexity index is 184. The van der Waals surface area contributed by atoms with Gasteiger partial charge in [0.1, 0.15) is 0 Å². The van der Waals surface area contributed by atoms with Crippen molar-refractivity contribution in [2.75, 3.05) is 13.1 Å². The van der Waals surface area contributed by atoms with Crippen LogP contribution in [0.3, 0.4) is 0 Å². The van der Waals surface area contributed by atoms with E-state index in [0.29, 0.717) is 0 Å². The number of hydrazine groups is 1. The lowest BCUT2D eigenvalue weighted by atomic mass is 10.1. The first-order valence-corrected chi connectivity index (χ1v) is 4.53. The molecule has 0 saturated carbocycles. The second-order valence-corrected chi connectivity index (χ2v) is 3.47. The zero-order chi connectivity index (χ0) is 8.97. The zero-order valence-corrected chi connectivity index (χ0v) is 7.90. The standard InChI is InChI=1S/C10H18N2/c1-9(2)8-11-12-7-5-4-6-10(12)3/h11H,1,3-8H2,2H3. The summed E-state index contributed by atoms with van der Waals surface area (Å²) < 4.78 is 0. The first-order chi connectivity index (χ1) is 5.70. The van der Waals surface area contributed by atoms with E-state index < -0.39 is 0 Å². The number of allylic oxidation sites excluding steroid dienone is 1. The summed E-state index contributed by atoms with van der Waals surface area (Å²) in [5.41, 5.74) is 5.68. The minimum atomic E-state index is 0.860. The van der Waals surface area contributed by atoms with E-state index in [1.807, 2.05) is 6.92 Å². The van der Waals surface area contributed by atoms with Crippen LogP contribution in [-0.4, -0.2) is 18.1 Å². The van der Waals surface area contributed by atoms with Gasteiger partial charge in [0.25, 0.3) is 0 Å². The smallest absolute Gasteiger partial charge is 0.0355 e. The fourth-order valence-electron chi connectivity index (χ4n) is 1.31. The highest BCUT2D eigenvalue weighted by atomic mass is 15.5. The maximum Gasteiger partial charge on any atom is 0.0355 e. The van der Waals surface area contributed by atoms with Crippen LogP contribution in [0.2, 0.25) is 0 Å². The van der Waals surface area contributed by atoms with Crippen LogP contribution in [0.25, 0.3) is 0 Å². The summed E-state index contributed by atoms with van der Waals surface area (Å²) in [6, 6.07) is 0. The number of nitrogens with zero attached hydrogens (tertiary/aromatic N) is 1. The molecule has 0 spiro atoms. The topological polar surface area (TPSA) is 15.3 Å². The van der Waals surface area contributed by atoms with E-state index in [1.165, 1.54) is 18.5 Å². The third-order valence-corrected chi connectivity index (χ3v) is 2.05. The van der Waals surface area contributed by atoms with Gasteiger partial charge in [-0.25, -0.2) is 5.43 Å². The maximum absolute atomic E-state index is 4.01. The maximum atomic E-state index is 4.01. The van der Waals surface area contributed by atoms with E-state index in [2.05, 4.69) is 23.6 Å². The summed E-state index contributed by atoms with van der Waals surface area (Å²) in [4.78, 5) is 0. The lowest BCUT2D eigenvalue weighted by molar-refractivity contribution is 0.217. The molecule has 1 heterocycles. The van der Waals surface area contributed by atoms with Crippen molar-refractivity contribution >= 4 is 0 Å². The molecule has 2 heteroatoms. The van der Waals surface area contributed by atoms with Crippen molar-refractivity contribution in [3.63, 3.8) is 0 Å². The summed E-state index contributed by atoms with van der Waals surface area (Å²) in [5.74, 6) is 0. The molecule has 0 aromatic heterocycles. The number of hydrogen-bond donors (Lipinski definition) is 1. The molecule has 0 bridgehead atoms. The van der Waals surface area contributed by atoms with Gasteiger partial charge >= 0.3 is 0 Å². The van der Waals surface area contributed by atoms with Crippen LogP contribution in [0.4, 0.5) is 0 Å². The molecule has 0 amide bonds. The average Bonchev–Trinajstić information content (AvgIpc) is 2.03. The van der Waals surface area contributed by atoms with Gasteiger partial charge in [-0.15, -0.1) is 0 Å². The van der Waals surface area contributed by atoms with Gasteiger partial charge in [-0.1, -0.05) is 18.7 Å². The Kier molecular flexibility index (Phi) is 3.35. The Balaban J connectivity index is 2.29. The van der Waals surface area contributed by atoms with Crippen molar-refractivity contribution in [1.29, 1.82) is 0 Å². The summed E-state index contributed by atoms with van der Waals surface area (Å²) in [6.45, 7) is 11.8. The normalized spacial score (nSPS) is 18.1. The van der Waals surface area contributed by atoms with E-state index in [9.17, 15) is 0 Å². The van der Waals surface area contributed by atoms with Gasteiger partial charge < -0.3 is 5.01 Å². The van der Waals surface area contributed by atoms with E-state index in [0.717, 1.165) is 25.1 Å². The lowest BCUT2D eigenvalue weighted by Gasteiger charge is -2.31. The van der Waals surface area contributed by atoms with Gasteiger partial charge in [0, 0.05) is 18.8 Å². The Hall–Kier alpha value is -0.760. The number of rotatable bonds is 3. The molecule has 0 aliphatic carbocycles. The first-order valence-electron chi connectivity index (χ1n) is 4.53. The molecule has 0 aromatic rings. The van der Waals surface area contributed by atoms with Crippen LogP contribution in [0.15, 0.2) is 24.4 Å². The van der Waals surface area contributed by atoms with Gasteiger partial charge in [0.2, 0.25) is 0 Å². The SMILES string of the molecule is C=C(C)CNN1CCCCC1=C. The highest BCUT2D eigenvalue weighted by molar-refractivity contribution is 4.97. The Morgan fingerprint density at radius 3 is 2.92 bits per heavy atom. The Labute approximate surface area is 74.9 Å². The predicted octanol–water partition coefficient (Wildman–Crippen LogP) is 2.07. The first kappa shape index (κ1) is 9.33. The minimum Gasteiger partial charge on any atom is -0.313 e. The van der Waals surface area contributed by atoms with Gasteiger partial charge in [-0.05, 0) is 26.2 Å². The molecule has 1 saturated heterocycles. The molecular formula is C10H18N2. The number of nitrogens with one attached hydrogen (secondary N) is 1. The van der Waals surface area contributed by atoms with Crippen LogP contribution in [0.1, 0.15) is 26.2 Å². The average molecular weight is 166 g/mol. The van der Waals surface area contributed by atoms with Crippen molar-refractivity contribution in [3.8, 4) is 0 Å². The van der Waals surface area contributed by atoms with E-state index in [-0.39, 0.29) is 0 Å². The fraction of sp³-hybridized carbons (Fsp3) is 0.600. The molecule has 1 aliphatic heterocycles. The molecule has 1 rings (SSSR count). The van der Waals surface area contributed by atoms with Crippen LogP contribution in [0, 0.1) is 0 Å². The van der Waals surface area contributed by atoms with Gasteiger partial charge in [-0.3, -0.25) is 0 Å². The molecule has 1 aliphatic rings. The van der Waals surface area contributed by atoms with Crippen LogP contribution in [-0.2, 0) is 0 Å². The summed E-state index contributed by atoms with van der Waals surface area (Å²) in [5, 5.41) is 2.15. The monoisotopic (exact) mass is 166 g/mol. The second-order valence-electron chi connectivity index (χ2n) is 3.47. The number of piperidine rings is 1. The molecule has 1 fully saturated rings. The zero-order valence-electron chi connectivity index (χ0n) is 7.90. The summed E-state index contributed by atoms with van der Waals surface area (Å²) >= 11 is 0. The van der Waals surface area contributed by atoms with Crippen LogP contribution < -0.4 is 5.43 Å². The highest BCUT2D eigenvalue weighted by Crippen LogP contribution is 2.15. The molecular weight excluding hydrogens is 148 g/mol. The van der Waals surface area contributed by atoms with E-state index >= 15 is 0 Å². The molecule has 2 nitrogen and oxygen atoms in total. The van der Waals surface area contributed by atoms with Crippen molar-refractivity contribution in [2.45, 2.75) is 26.2 Å². The fourth-order valence-corrected chi connectivity index (χ4v) is 1.31. The molecule has 0 unspecified atom stereocenters. The van der Waals surface area contributed by atoms with Gasteiger partial charge in [0.05, 0.1) is 0 Å². The molecule has 0 atom stereocenters. The third-order valence-electron chi connectivity index (χ3n) is 2.05. The second kappa shape index (κ2) is 4.31. The van der Waals surface area contributed by atoms with E-state index in [4.69, 9.17) is 0 Å². The highest BCUT2D eigenvalue weighted by Gasteiger charge is 2.11. The quantitative estimate of drug-likeness (QED) is 0.646. The lowest BCUT2D eigenvalue weighted by Crippen LogP contribution is -2.40. The molecule has 0 aromatic carbocycles. The van der Waals surface area contributed by atoms with Crippen molar-refractivity contribution in [3.05, 3.63) is 24.4 Å². The van der Waals surface area contributed by atoms with Crippen molar-refractivity contribution in [2.24, 2.45) is 0 Å². The molecule has 1 N–H and O–H groups in total. The van der Waals surface area contributed by atoms with Crippen molar-refractivity contribution < 1.29 is 0 Å². The summed E-state index contributed by atoms with van der Waals surface area (Å²) in [7, 11) is 0. The van der Waals surface area contributed by atoms with Gasteiger partial charge in [0.15, 0.2) is 0 Å². The Morgan fingerprint density at radius 1 is 1.58 bits per heavy atom. The van der Waals surface area contributed by atoms with Gasteiger partial charge in [-0.2, -0.15) is 0 Å². The minimum absolute atomic E-state index is 0.860.